The Morgan fingerprint density at radius 2 is 1.95 bits per heavy atom. The number of anilines is 2. The molecule has 0 fully saturated rings. The minimum atomic E-state index is -0.330. The Morgan fingerprint density at radius 1 is 1.19 bits per heavy atom. The Hall–Kier alpha value is -2.29. The predicted octanol–water partition coefficient (Wildman–Crippen LogP) is 3.86. The van der Waals surface area contributed by atoms with E-state index in [2.05, 4.69) is 49.1 Å². The largest absolute Gasteiger partial charge is 0.444 e. The molecular weight excluding hydrogens is 262 g/mol. The summed E-state index contributed by atoms with van der Waals surface area (Å²) in [6, 6.07) is 12.7. The molecule has 108 valence electrons. The first-order chi connectivity index (χ1) is 10.1. The summed E-state index contributed by atoms with van der Waals surface area (Å²) in [4.78, 5) is 12.9. The van der Waals surface area contributed by atoms with Crippen molar-refractivity contribution in [1.29, 1.82) is 0 Å². The van der Waals surface area contributed by atoms with Crippen LogP contribution in [0.3, 0.4) is 0 Å². The molecule has 1 unspecified atom stereocenters. The predicted molar refractivity (Wildman–Crippen MR) is 83.9 cm³/mol. The molecule has 3 nitrogen and oxygen atoms in total. The monoisotopic (exact) mass is 281 g/mol. The number of hydrogen-bond donors (Lipinski definition) is 0. The number of nitrogens with zero attached hydrogens (tertiary/aromatic N) is 1. The van der Waals surface area contributed by atoms with E-state index in [0.717, 1.165) is 17.8 Å². The number of aryl methyl sites for hydroxylation is 2. The molecule has 3 heteroatoms. The van der Waals surface area contributed by atoms with Crippen LogP contribution in [0.2, 0.25) is 0 Å². The summed E-state index contributed by atoms with van der Waals surface area (Å²) in [6.07, 6.45) is 0.585. The lowest BCUT2D eigenvalue weighted by Gasteiger charge is -2.37. The van der Waals surface area contributed by atoms with Gasteiger partial charge in [-0.2, -0.15) is 0 Å². The van der Waals surface area contributed by atoms with Gasteiger partial charge in [0.2, 0.25) is 0 Å². The first-order valence-corrected chi connectivity index (χ1v) is 7.18. The molecule has 1 aliphatic heterocycles. The highest BCUT2D eigenvalue weighted by Crippen LogP contribution is 2.42. The van der Waals surface area contributed by atoms with Gasteiger partial charge in [-0.3, -0.25) is 4.79 Å². The second-order valence-corrected chi connectivity index (χ2v) is 5.60. The summed E-state index contributed by atoms with van der Waals surface area (Å²) >= 11 is 0. The van der Waals surface area contributed by atoms with E-state index in [-0.39, 0.29) is 6.23 Å². The Kier molecular flexibility index (Phi) is 3.42. The Balaban J connectivity index is 2.21. The van der Waals surface area contributed by atoms with E-state index >= 15 is 0 Å². The van der Waals surface area contributed by atoms with Crippen molar-refractivity contribution >= 4 is 17.8 Å². The van der Waals surface area contributed by atoms with Gasteiger partial charge in [0.05, 0.1) is 5.69 Å². The second kappa shape index (κ2) is 5.24. The van der Waals surface area contributed by atoms with Crippen LogP contribution in [0.5, 0.6) is 0 Å². The molecule has 1 aliphatic rings. The number of ether oxygens (including phenoxy) is 1. The van der Waals surface area contributed by atoms with Crippen LogP contribution in [0, 0.1) is 13.8 Å². The van der Waals surface area contributed by atoms with Crippen molar-refractivity contribution in [1.82, 2.24) is 0 Å². The maximum atomic E-state index is 10.8. The molecule has 2 aromatic carbocycles. The van der Waals surface area contributed by atoms with Crippen LogP contribution >= 0.6 is 0 Å². The van der Waals surface area contributed by atoms with E-state index in [1.165, 1.54) is 22.3 Å². The van der Waals surface area contributed by atoms with E-state index in [1.54, 1.807) is 0 Å². The zero-order valence-electron chi connectivity index (χ0n) is 12.6. The van der Waals surface area contributed by atoms with Gasteiger partial charge >= 0.3 is 0 Å². The second-order valence-electron chi connectivity index (χ2n) is 5.60. The summed E-state index contributed by atoms with van der Waals surface area (Å²) in [7, 11) is 0. The summed E-state index contributed by atoms with van der Waals surface area (Å²) < 4.78 is 5.23. The summed E-state index contributed by atoms with van der Waals surface area (Å²) in [5.74, 6) is 0. The zero-order chi connectivity index (χ0) is 15.0. The topological polar surface area (TPSA) is 29.5 Å². The summed E-state index contributed by atoms with van der Waals surface area (Å²) in [5.41, 5.74) is 7.29. The molecular formula is C18H19NO2. The standard InChI is InChI=1S/C18H19NO2/c1-12-8-13(2)18-16(9-12)10-15-6-4-5-7-17(15)19(18)14(3)21-11-20/h4-9,11,14H,10H2,1-3H3. The highest BCUT2D eigenvalue weighted by atomic mass is 16.5. The van der Waals surface area contributed by atoms with E-state index in [4.69, 9.17) is 4.74 Å². The third-order valence-corrected chi connectivity index (χ3v) is 4.01. The van der Waals surface area contributed by atoms with Crippen LogP contribution in [-0.4, -0.2) is 12.7 Å². The van der Waals surface area contributed by atoms with Crippen LogP contribution in [0.1, 0.15) is 29.2 Å². The van der Waals surface area contributed by atoms with Crippen LogP contribution in [0.25, 0.3) is 0 Å². The Morgan fingerprint density at radius 3 is 2.71 bits per heavy atom. The lowest BCUT2D eigenvalue weighted by atomic mass is 9.91. The third-order valence-electron chi connectivity index (χ3n) is 4.01. The van der Waals surface area contributed by atoms with Crippen LogP contribution < -0.4 is 4.90 Å². The van der Waals surface area contributed by atoms with Crippen molar-refractivity contribution in [2.75, 3.05) is 4.90 Å². The SMILES string of the molecule is Cc1cc(C)c2c(c1)Cc1ccccc1N2C(C)OC=O. The fraction of sp³-hybridized carbons (Fsp3) is 0.278. The molecule has 1 atom stereocenters. The quantitative estimate of drug-likeness (QED) is 0.800. The molecule has 0 amide bonds. The molecule has 0 radical (unpaired) electrons. The average Bonchev–Trinajstić information content (AvgIpc) is 2.45. The minimum Gasteiger partial charge on any atom is -0.444 e. The number of carbonyl (C=O) groups excluding carboxylic acids is 1. The van der Waals surface area contributed by atoms with E-state index in [1.807, 2.05) is 13.0 Å². The first-order valence-electron chi connectivity index (χ1n) is 7.18. The molecule has 1 heterocycles. The van der Waals surface area contributed by atoms with Crippen molar-refractivity contribution in [3.05, 3.63) is 58.7 Å². The molecule has 0 saturated heterocycles. The normalized spacial score (nSPS) is 14.1. The molecule has 0 aliphatic carbocycles. The first kappa shape index (κ1) is 13.7. The van der Waals surface area contributed by atoms with Gasteiger partial charge in [0.15, 0.2) is 6.23 Å². The smallest absolute Gasteiger partial charge is 0.295 e. The van der Waals surface area contributed by atoms with Crippen molar-refractivity contribution in [3.8, 4) is 0 Å². The van der Waals surface area contributed by atoms with Crippen molar-refractivity contribution in [3.63, 3.8) is 0 Å². The molecule has 3 rings (SSSR count). The average molecular weight is 281 g/mol. The van der Waals surface area contributed by atoms with Crippen LogP contribution in [-0.2, 0) is 16.0 Å². The van der Waals surface area contributed by atoms with Gasteiger partial charge in [-0.25, -0.2) is 0 Å². The minimum absolute atomic E-state index is 0.330. The van der Waals surface area contributed by atoms with E-state index < -0.39 is 0 Å². The van der Waals surface area contributed by atoms with Gasteiger partial charge < -0.3 is 9.64 Å². The number of hydrogen-bond acceptors (Lipinski definition) is 3. The number of fused-ring (bicyclic) bond motifs is 2. The molecule has 0 N–H and O–H groups in total. The van der Waals surface area contributed by atoms with Crippen molar-refractivity contribution in [2.45, 2.75) is 33.4 Å². The molecule has 21 heavy (non-hydrogen) atoms. The zero-order valence-corrected chi connectivity index (χ0v) is 12.6. The lowest BCUT2D eigenvalue weighted by Crippen LogP contribution is -2.34. The highest BCUT2D eigenvalue weighted by molar-refractivity contribution is 5.77. The molecule has 0 spiro atoms. The Labute approximate surface area is 125 Å². The molecule has 0 bridgehead atoms. The fourth-order valence-corrected chi connectivity index (χ4v) is 3.27. The summed E-state index contributed by atoms with van der Waals surface area (Å²) in [6.45, 7) is 6.65. The van der Waals surface area contributed by atoms with E-state index in [9.17, 15) is 4.79 Å². The van der Waals surface area contributed by atoms with E-state index in [0.29, 0.717) is 6.47 Å². The van der Waals surface area contributed by atoms with Gasteiger partial charge in [-0.15, -0.1) is 0 Å². The highest BCUT2D eigenvalue weighted by Gasteiger charge is 2.28. The number of para-hydroxylation sites is 1. The molecule has 0 saturated carbocycles. The van der Waals surface area contributed by atoms with Gasteiger partial charge in [0.1, 0.15) is 0 Å². The van der Waals surface area contributed by atoms with Crippen molar-refractivity contribution in [2.24, 2.45) is 0 Å². The molecule has 0 aromatic heterocycles. The van der Waals surface area contributed by atoms with Gasteiger partial charge in [-0.1, -0.05) is 35.9 Å². The van der Waals surface area contributed by atoms with Gasteiger partial charge in [0.25, 0.3) is 6.47 Å². The maximum Gasteiger partial charge on any atom is 0.295 e. The number of carbonyl (C=O) groups is 1. The van der Waals surface area contributed by atoms with Crippen molar-refractivity contribution < 1.29 is 9.53 Å². The Bertz CT molecular complexity index is 694. The lowest BCUT2D eigenvalue weighted by molar-refractivity contribution is -0.132. The number of rotatable bonds is 3. The maximum absolute atomic E-state index is 10.8. The fourth-order valence-electron chi connectivity index (χ4n) is 3.27. The third kappa shape index (κ3) is 2.29. The number of benzene rings is 2. The van der Waals surface area contributed by atoms with Gasteiger partial charge in [0, 0.05) is 12.1 Å². The van der Waals surface area contributed by atoms with Crippen LogP contribution in [0.4, 0.5) is 11.4 Å². The van der Waals surface area contributed by atoms with Gasteiger partial charge in [-0.05, 0) is 43.5 Å². The molecule has 2 aromatic rings. The summed E-state index contributed by atoms with van der Waals surface area (Å²) in [5, 5.41) is 0. The van der Waals surface area contributed by atoms with Crippen LogP contribution in [0.15, 0.2) is 36.4 Å².